The monoisotopic (exact) mass is 647 g/mol. The Morgan fingerprint density at radius 2 is 1.68 bits per heavy atom. The standard InChI is InChI=1S/C33H37N5O9/c1-14(39)15-6-8-18(9-7-15)36-32(46)35-13-17-12-21(37(2)3)19-10-16-11-20-25(38(4)5)28(42)24(31(34)45)30(44)33(20,47)29(43)22(16)27(41)23(19)26(17)40/h6-9,12,16,20,25,40,42-43,47H,10-11,13H2,1-5H3,(H2,34,45)(H2,35,36,46)/t16-,20-,25-,33-/m0/s1. The maximum atomic E-state index is 14.2. The minimum atomic E-state index is -2.75. The maximum Gasteiger partial charge on any atom is 0.319 e. The fourth-order valence-corrected chi connectivity index (χ4v) is 7.03. The van der Waals surface area contributed by atoms with E-state index < -0.39 is 69.8 Å². The Labute approximate surface area is 270 Å². The predicted molar refractivity (Wildman–Crippen MR) is 170 cm³/mol. The van der Waals surface area contributed by atoms with Gasteiger partial charge in [-0.3, -0.25) is 24.1 Å². The second kappa shape index (κ2) is 11.9. The lowest BCUT2D eigenvalue weighted by Crippen LogP contribution is -2.63. The molecule has 8 N–H and O–H groups in total. The molecule has 3 aliphatic carbocycles. The first-order chi connectivity index (χ1) is 22.0. The summed E-state index contributed by atoms with van der Waals surface area (Å²) in [6.07, 6.45) is 0.0936. The third-order valence-electron chi connectivity index (χ3n) is 9.25. The number of phenolic OH excluding ortho intramolecular Hbond substituents is 1. The lowest BCUT2D eigenvalue weighted by molar-refractivity contribution is -0.148. The van der Waals surface area contributed by atoms with Crippen LogP contribution in [-0.4, -0.2) is 94.4 Å². The average Bonchev–Trinajstić information content (AvgIpc) is 2.98. The van der Waals surface area contributed by atoms with Crippen molar-refractivity contribution in [1.82, 2.24) is 10.2 Å². The number of nitrogens with zero attached hydrogens (tertiary/aromatic N) is 2. The van der Waals surface area contributed by atoms with Gasteiger partial charge in [0.1, 0.15) is 22.8 Å². The first-order valence-electron chi connectivity index (χ1n) is 14.9. The number of carbonyl (C=O) groups is 5. The molecule has 0 bridgehead atoms. The van der Waals surface area contributed by atoms with Crippen molar-refractivity contribution in [3.8, 4) is 5.75 Å². The number of hydrogen-bond donors (Lipinski definition) is 7. The summed E-state index contributed by atoms with van der Waals surface area (Å²) in [7, 11) is 6.61. The number of benzene rings is 2. The molecule has 0 radical (unpaired) electrons. The highest BCUT2D eigenvalue weighted by atomic mass is 16.3. The Bertz CT molecular complexity index is 1790. The van der Waals surface area contributed by atoms with Crippen molar-refractivity contribution in [2.24, 2.45) is 17.6 Å². The van der Waals surface area contributed by atoms with Crippen LogP contribution in [0.4, 0.5) is 16.2 Å². The summed E-state index contributed by atoms with van der Waals surface area (Å²) < 4.78 is 0. The third kappa shape index (κ3) is 5.28. The number of urea groups is 1. The van der Waals surface area contributed by atoms with Crippen LogP contribution in [0, 0.1) is 11.8 Å². The fourth-order valence-electron chi connectivity index (χ4n) is 7.03. The number of likely N-dealkylation sites (N-methyl/N-ethyl adjacent to an activating group) is 1. The molecule has 47 heavy (non-hydrogen) atoms. The Balaban J connectivity index is 1.52. The van der Waals surface area contributed by atoms with Gasteiger partial charge in [0.25, 0.3) is 5.91 Å². The van der Waals surface area contributed by atoms with Crippen LogP contribution < -0.4 is 21.3 Å². The Kier molecular flexibility index (Phi) is 8.37. The van der Waals surface area contributed by atoms with Gasteiger partial charge in [0, 0.05) is 54.6 Å². The number of rotatable bonds is 7. The van der Waals surface area contributed by atoms with Crippen molar-refractivity contribution in [3.63, 3.8) is 0 Å². The zero-order chi connectivity index (χ0) is 34.7. The normalized spacial score (nSPS) is 23.6. The summed E-state index contributed by atoms with van der Waals surface area (Å²) >= 11 is 0. The number of aliphatic hydroxyl groups is 3. The first kappa shape index (κ1) is 33.2. The molecule has 4 atom stereocenters. The second-order valence-electron chi connectivity index (χ2n) is 12.6. The van der Waals surface area contributed by atoms with E-state index in [-0.39, 0.29) is 41.9 Å². The average molecular weight is 648 g/mol. The summed E-state index contributed by atoms with van der Waals surface area (Å²) in [5.41, 5.74) is 3.44. The number of nitrogens with two attached hydrogens (primary N) is 1. The fraction of sp³-hybridized carbons (Fsp3) is 0.364. The summed E-state index contributed by atoms with van der Waals surface area (Å²) in [4.78, 5) is 67.3. The van der Waals surface area contributed by atoms with Crippen LogP contribution in [0.2, 0.25) is 0 Å². The van der Waals surface area contributed by atoms with E-state index in [4.69, 9.17) is 5.73 Å². The topological polar surface area (TPSA) is 223 Å². The number of amides is 3. The van der Waals surface area contributed by atoms with E-state index in [0.29, 0.717) is 22.5 Å². The molecule has 14 heteroatoms. The highest BCUT2D eigenvalue weighted by Crippen LogP contribution is 2.53. The number of primary amides is 1. The van der Waals surface area contributed by atoms with Crippen LogP contribution in [0.1, 0.15) is 45.2 Å². The van der Waals surface area contributed by atoms with Crippen LogP contribution >= 0.6 is 0 Å². The number of phenols is 1. The summed E-state index contributed by atoms with van der Waals surface area (Å²) in [6, 6.07) is 6.19. The van der Waals surface area contributed by atoms with Crippen LogP contribution in [0.25, 0.3) is 0 Å². The van der Waals surface area contributed by atoms with Crippen molar-refractivity contribution in [2.75, 3.05) is 38.4 Å². The molecule has 0 unspecified atom stereocenters. The van der Waals surface area contributed by atoms with Gasteiger partial charge in [-0.25, -0.2) is 4.79 Å². The highest BCUT2D eigenvalue weighted by Gasteiger charge is 2.63. The largest absolute Gasteiger partial charge is 0.510 e. The molecule has 2 aromatic rings. The molecule has 3 aliphatic rings. The number of Topliss-reactive ketones (excluding diaryl/α,β-unsaturated/α-hetero) is 3. The number of anilines is 2. The lowest BCUT2D eigenvalue weighted by Gasteiger charge is -2.50. The summed E-state index contributed by atoms with van der Waals surface area (Å²) in [6.45, 7) is 1.22. The molecular formula is C33H37N5O9. The van der Waals surface area contributed by atoms with Crippen molar-refractivity contribution in [2.45, 2.75) is 38.0 Å². The molecule has 0 heterocycles. The van der Waals surface area contributed by atoms with Crippen molar-refractivity contribution >= 4 is 40.7 Å². The Hall–Kier alpha value is -5.21. The van der Waals surface area contributed by atoms with Gasteiger partial charge >= 0.3 is 6.03 Å². The van der Waals surface area contributed by atoms with Gasteiger partial charge in [-0.15, -0.1) is 0 Å². The smallest absolute Gasteiger partial charge is 0.319 e. The number of allylic oxidation sites excluding steroid dienone is 1. The summed E-state index contributed by atoms with van der Waals surface area (Å²) in [5.74, 6) is -7.46. The minimum absolute atomic E-state index is 0.0315. The summed E-state index contributed by atoms with van der Waals surface area (Å²) in [5, 5.41) is 51.0. The number of carbonyl (C=O) groups excluding carboxylic acids is 5. The van der Waals surface area contributed by atoms with Crippen LogP contribution in [0.15, 0.2) is 53.0 Å². The molecule has 0 spiro atoms. The Morgan fingerprint density at radius 1 is 1.04 bits per heavy atom. The maximum absolute atomic E-state index is 14.2. The van der Waals surface area contributed by atoms with E-state index in [2.05, 4.69) is 10.6 Å². The van der Waals surface area contributed by atoms with Gasteiger partial charge in [0.15, 0.2) is 17.2 Å². The second-order valence-corrected chi connectivity index (χ2v) is 12.6. The van der Waals surface area contributed by atoms with E-state index in [1.165, 1.54) is 11.8 Å². The number of hydrogen-bond acceptors (Lipinski definition) is 11. The van der Waals surface area contributed by atoms with Crippen molar-refractivity contribution in [1.29, 1.82) is 0 Å². The number of aromatic hydroxyl groups is 1. The minimum Gasteiger partial charge on any atom is -0.510 e. The van der Waals surface area contributed by atoms with E-state index in [1.807, 2.05) is 0 Å². The number of nitrogens with one attached hydrogen (secondary N) is 2. The molecule has 0 saturated carbocycles. The molecule has 0 aliphatic heterocycles. The molecule has 3 amide bonds. The van der Waals surface area contributed by atoms with E-state index in [0.717, 1.165) is 0 Å². The van der Waals surface area contributed by atoms with Gasteiger partial charge < -0.3 is 41.7 Å². The number of fused-ring (bicyclic) bond motifs is 3. The quantitative estimate of drug-likeness (QED) is 0.169. The molecule has 14 nitrogen and oxygen atoms in total. The van der Waals surface area contributed by atoms with E-state index >= 15 is 0 Å². The zero-order valence-corrected chi connectivity index (χ0v) is 26.5. The molecule has 0 fully saturated rings. The first-order valence-corrected chi connectivity index (χ1v) is 14.9. The number of ketones is 3. The van der Waals surface area contributed by atoms with Gasteiger partial charge in [0.2, 0.25) is 5.78 Å². The van der Waals surface area contributed by atoms with Crippen LogP contribution in [0.5, 0.6) is 5.75 Å². The molecule has 5 rings (SSSR count). The van der Waals surface area contributed by atoms with Gasteiger partial charge in [-0.2, -0.15) is 0 Å². The van der Waals surface area contributed by atoms with Gasteiger partial charge in [0.05, 0.1) is 11.6 Å². The van der Waals surface area contributed by atoms with Gasteiger partial charge in [-0.1, -0.05) is 0 Å². The predicted octanol–water partition coefficient (Wildman–Crippen LogP) is 1.71. The number of aliphatic hydroxyl groups excluding tert-OH is 2. The van der Waals surface area contributed by atoms with Crippen molar-refractivity contribution < 1.29 is 44.4 Å². The van der Waals surface area contributed by atoms with E-state index in [1.54, 1.807) is 63.4 Å². The molecule has 248 valence electrons. The molecule has 0 aromatic heterocycles. The van der Waals surface area contributed by atoms with Gasteiger partial charge in [-0.05, 0) is 75.7 Å². The molecule has 0 saturated heterocycles. The van der Waals surface area contributed by atoms with Crippen molar-refractivity contribution in [3.05, 3.63) is 75.3 Å². The molecule has 2 aromatic carbocycles. The highest BCUT2D eigenvalue weighted by molar-refractivity contribution is 6.25. The molecular weight excluding hydrogens is 610 g/mol. The zero-order valence-electron chi connectivity index (χ0n) is 26.5. The van der Waals surface area contributed by atoms with Crippen LogP contribution in [0.3, 0.4) is 0 Å². The van der Waals surface area contributed by atoms with Crippen LogP contribution in [-0.2, 0) is 22.6 Å². The van der Waals surface area contributed by atoms with E-state index in [9.17, 15) is 44.4 Å². The third-order valence-corrected chi connectivity index (χ3v) is 9.25. The Morgan fingerprint density at radius 3 is 2.23 bits per heavy atom. The SMILES string of the molecule is CC(=O)c1ccc(NC(=O)NCc2cc(N(C)C)c3c(c2O)C(=O)C2=C(O)[C@]4(O)C(=O)C(C(N)=O)=C(O)[C@@H](N(C)C)[C@@H]4C[C@@H]2C3)cc1. The lowest BCUT2D eigenvalue weighted by atomic mass is 9.58.